The molecule has 0 spiro atoms. The maximum atomic E-state index is 11.8. The summed E-state index contributed by atoms with van der Waals surface area (Å²) in [5, 5.41) is 12.0. The third-order valence-electron chi connectivity index (χ3n) is 3.22. The molecular formula is C13H17NO2. The smallest absolute Gasteiger partial charge is 0.251 e. The summed E-state index contributed by atoms with van der Waals surface area (Å²) in [4.78, 5) is 11.8. The number of carbonyl (C=O) groups is 1. The van der Waals surface area contributed by atoms with Crippen LogP contribution in [0.1, 0.15) is 34.3 Å². The molecule has 3 nitrogen and oxygen atoms in total. The molecule has 1 aromatic carbocycles. The number of carbonyl (C=O) groups excluding carboxylic acids is 1. The van der Waals surface area contributed by atoms with E-state index in [2.05, 4.69) is 5.32 Å². The van der Waals surface area contributed by atoms with Gasteiger partial charge < -0.3 is 10.4 Å². The van der Waals surface area contributed by atoms with Gasteiger partial charge in [0.15, 0.2) is 0 Å². The average Bonchev–Trinajstić information content (AvgIpc) is 2.19. The predicted octanol–water partition coefficient (Wildman–Crippen LogP) is 1.56. The van der Waals surface area contributed by atoms with Gasteiger partial charge in [-0.25, -0.2) is 0 Å². The van der Waals surface area contributed by atoms with Crippen LogP contribution in [0.25, 0.3) is 0 Å². The van der Waals surface area contributed by atoms with Gasteiger partial charge in [0, 0.05) is 11.6 Å². The molecule has 16 heavy (non-hydrogen) atoms. The Balaban J connectivity index is 2.01. The van der Waals surface area contributed by atoms with Crippen LogP contribution in [0.3, 0.4) is 0 Å². The molecule has 1 aromatic rings. The standard InChI is InChI=1S/C13H17NO2/c1-8-3-4-10(5-9(8)2)13(16)14-11-6-12(15)7-11/h3-5,11-12,15H,6-7H2,1-2H3,(H,14,16). The normalized spacial score (nSPS) is 23.7. The Labute approximate surface area is 95.5 Å². The highest BCUT2D eigenvalue weighted by atomic mass is 16.3. The van der Waals surface area contributed by atoms with E-state index in [1.807, 2.05) is 32.0 Å². The quantitative estimate of drug-likeness (QED) is 0.793. The monoisotopic (exact) mass is 219 g/mol. The molecule has 3 heteroatoms. The molecule has 1 amide bonds. The average molecular weight is 219 g/mol. The Bertz CT molecular complexity index is 408. The number of benzene rings is 1. The number of hydrogen-bond donors (Lipinski definition) is 2. The molecule has 0 aromatic heterocycles. The minimum atomic E-state index is -0.231. The minimum absolute atomic E-state index is 0.0417. The number of rotatable bonds is 2. The lowest BCUT2D eigenvalue weighted by atomic mass is 9.89. The zero-order valence-electron chi connectivity index (χ0n) is 9.66. The topological polar surface area (TPSA) is 49.3 Å². The molecule has 2 rings (SSSR count). The van der Waals surface area contributed by atoms with E-state index < -0.39 is 0 Å². The van der Waals surface area contributed by atoms with Crippen LogP contribution in [0.2, 0.25) is 0 Å². The van der Waals surface area contributed by atoms with Gasteiger partial charge in [0.2, 0.25) is 0 Å². The highest BCUT2D eigenvalue weighted by molar-refractivity contribution is 5.94. The van der Waals surface area contributed by atoms with Gasteiger partial charge in [-0.1, -0.05) is 6.07 Å². The summed E-state index contributed by atoms with van der Waals surface area (Å²) in [5.74, 6) is -0.0417. The lowest BCUT2D eigenvalue weighted by Gasteiger charge is -2.31. The second-order valence-electron chi connectivity index (χ2n) is 4.59. The molecule has 1 saturated carbocycles. The second kappa shape index (κ2) is 4.26. The van der Waals surface area contributed by atoms with Gasteiger partial charge >= 0.3 is 0 Å². The van der Waals surface area contributed by atoms with E-state index in [0.29, 0.717) is 18.4 Å². The highest BCUT2D eigenvalue weighted by Crippen LogP contribution is 2.20. The van der Waals surface area contributed by atoms with Crippen LogP contribution in [0.15, 0.2) is 18.2 Å². The van der Waals surface area contributed by atoms with Crippen LogP contribution in [0, 0.1) is 13.8 Å². The number of aliphatic hydroxyl groups excluding tert-OH is 1. The highest BCUT2D eigenvalue weighted by Gasteiger charge is 2.28. The first-order chi connectivity index (χ1) is 7.56. The Morgan fingerprint density at radius 2 is 2.00 bits per heavy atom. The van der Waals surface area contributed by atoms with Crippen LogP contribution in [0.5, 0.6) is 0 Å². The van der Waals surface area contributed by atoms with Gasteiger partial charge in [0.05, 0.1) is 6.10 Å². The third-order valence-corrected chi connectivity index (χ3v) is 3.22. The number of aliphatic hydroxyl groups is 1. The first-order valence-electron chi connectivity index (χ1n) is 5.62. The largest absolute Gasteiger partial charge is 0.393 e. The van der Waals surface area contributed by atoms with Crippen molar-refractivity contribution in [2.45, 2.75) is 38.8 Å². The molecule has 86 valence electrons. The zero-order valence-corrected chi connectivity index (χ0v) is 9.66. The third kappa shape index (κ3) is 2.25. The molecule has 0 bridgehead atoms. The summed E-state index contributed by atoms with van der Waals surface area (Å²) < 4.78 is 0. The summed E-state index contributed by atoms with van der Waals surface area (Å²) in [7, 11) is 0. The van der Waals surface area contributed by atoms with Crippen molar-refractivity contribution in [1.82, 2.24) is 5.32 Å². The number of aryl methyl sites for hydroxylation is 2. The SMILES string of the molecule is Cc1ccc(C(=O)NC2CC(O)C2)cc1C. The fourth-order valence-electron chi connectivity index (χ4n) is 1.86. The minimum Gasteiger partial charge on any atom is -0.393 e. The lowest BCUT2D eigenvalue weighted by Crippen LogP contribution is -2.46. The van der Waals surface area contributed by atoms with Crippen molar-refractivity contribution in [2.24, 2.45) is 0 Å². The van der Waals surface area contributed by atoms with E-state index in [9.17, 15) is 4.79 Å². The predicted molar refractivity (Wildman–Crippen MR) is 62.4 cm³/mol. The molecule has 2 N–H and O–H groups in total. The van der Waals surface area contributed by atoms with Crippen molar-refractivity contribution in [3.05, 3.63) is 34.9 Å². The molecule has 0 saturated heterocycles. The van der Waals surface area contributed by atoms with Gasteiger partial charge in [0.1, 0.15) is 0 Å². The van der Waals surface area contributed by atoms with E-state index in [-0.39, 0.29) is 18.1 Å². The van der Waals surface area contributed by atoms with Gasteiger partial charge in [-0.3, -0.25) is 4.79 Å². The number of amides is 1. The zero-order chi connectivity index (χ0) is 11.7. The Hall–Kier alpha value is -1.35. The van der Waals surface area contributed by atoms with Gasteiger partial charge in [-0.15, -0.1) is 0 Å². The fourth-order valence-corrected chi connectivity index (χ4v) is 1.86. The van der Waals surface area contributed by atoms with Crippen molar-refractivity contribution in [1.29, 1.82) is 0 Å². The Morgan fingerprint density at radius 3 is 2.56 bits per heavy atom. The van der Waals surface area contributed by atoms with Crippen molar-refractivity contribution >= 4 is 5.91 Å². The van der Waals surface area contributed by atoms with Crippen molar-refractivity contribution in [2.75, 3.05) is 0 Å². The van der Waals surface area contributed by atoms with E-state index >= 15 is 0 Å². The molecule has 0 aliphatic heterocycles. The van der Waals surface area contributed by atoms with Crippen LogP contribution in [0.4, 0.5) is 0 Å². The first-order valence-corrected chi connectivity index (χ1v) is 5.62. The maximum Gasteiger partial charge on any atom is 0.251 e. The Kier molecular flexibility index (Phi) is 2.97. The van der Waals surface area contributed by atoms with Gasteiger partial charge in [0.25, 0.3) is 5.91 Å². The summed E-state index contributed by atoms with van der Waals surface area (Å²) in [6.07, 6.45) is 1.12. The summed E-state index contributed by atoms with van der Waals surface area (Å²) in [6.45, 7) is 4.03. The summed E-state index contributed by atoms with van der Waals surface area (Å²) in [6, 6.07) is 5.84. The van der Waals surface area contributed by atoms with E-state index in [1.165, 1.54) is 5.56 Å². The fraction of sp³-hybridized carbons (Fsp3) is 0.462. The van der Waals surface area contributed by atoms with Crippen LogP contribution < -0.4 is 5.32 Å². The molecule has 0 heterocycles. The molecule has 1 aliphatic carbocycles. The van der Waals surface area contributed by atoms with E-state index in [0.717, 1.165) is 5.56 Å². The summed E-state index contributed by atoms with van der Waals surface area (Å²) in [5.41, 5.74) is 3.02. The van der Waals surface area contributed by atoms with Crippen molar-refractivity contribution in [3.8, 4) is 0 Å². The van der Waals surface area contributed by atoms with Crippen LogP contribution in [-0.4, -0.2) is 23.2 Å². The number of hydrogen-bond acceptors (Lipinski definition) is 2. The molecular weight excluding hydrogens is 202 g/mol. The molecule has 1 fully saturated rings. The van der Waals surface area contributed by atoms with Gasteiger partial charge in [-0.05, 0) is 49.9 Å². The first kappa shape index (κ1) is 11.1. The van der Waals surface area contributed by atoms with Gasteiger partial charge in [-0.2, -0.15) is 0 Å². The Morgan fingerprint density at radius 1 is 1.31 bits per heavy atom. The number of nitrogens with one attached hydrogen (secondary N) is 1. The second-order valence-corrected chi connectivity index (χ2v) is 4.59. The van der Waals surface area contributed by atoms with E-state index in [4.69, 9.17) is 5.11 Å². The van der Waals surface area contributed by atoms with E-state index in [1.54, 1.807) is 0 Å². The molecule has 0 radical (unpaired) electrons. The van der Waals surface area contributed by atoms with Crippen molar-refractivity contribution < 1.29 is 9.90 Å². The van der Waals surface area contributed by atoms with Crippen LogP contribution >= 0.6 is 0 Å². The molecule has 0 unspecified atom stereocenters. The summed E-state index contributed by atoms with van der Waals surface area (Å²) >= 11 is 0. The molecule has 1 aliphatic rings. The molecule has 0 atom stereocenters. The maximum absolute atomic E-state index is 11.8. The van der Waals surface area contributed by atoms with Crippen LogP contribution in [-0.2, 0) is 0 Å². The lowest BCUT2D eigenvalue weighted by molar-refractivity contribution is 0.0562. The van der Waals surface area contributed by atoms with Crippen molar-refractivity contribution in [3.63, 3.8) is 0 Å².